The number of hydrogen-bond donors (Lipinski definition) is 1. The molecule has 2 saturated heterocycles. The molecule has 4 heterocycles. The van der Waals surface area contributed by atoms with Crippen molar-refractivity contribution in [2.24, 2.45) is 0 Å². The molecule has 0 bridgehead atoms. The summed E-state index contributed by atoms with van der Waals surface area (Å²) in [6.07, 6.45) is 2.83. The molecule has 0 unspecified atom stereocenters. The summed E-state index contributed by atoms with van der Waals surface area (Å²) in [6.45, 7) is 2.43. The topological polar surface area (TPSA) is 41.6 Å². The number of rotatable bonds is 1. The monoisotopic (exact) mass is 392 g/mol. The van der Waals surface area contributed by atoms with E-state index < -0.39 is 12.5 Å². The molecule has 0 aliphatic carbocycles. The molecule has 1 aromatic heterocycles. The number of likely N-dealkylation sites (tertiary alicyclic amines) is 1. The minimum absolute atomic E-state index is 0. The van der Waals surface area contributed by atoms with E-state index in [0.717, 1.165) is 37.9 Å². The van der Waals surface area contributed by atoms with Gasteiger partial charge in [-0.2, -0.15) is 0 Å². The molecular weight excluding hydrogens is 370 g/mol. The lowest BCUT2D eigenvalue weighted by molar-refractivity contribution is -0.0793. The molecule has 1 aromatic rings. The van der Waals surface area contributed by atoms with Gasteiger partial charge in [0.1, 0.15) is 0 Å². The van der Waals surface area contributed by atoms with Crippen molar-refractivity contribution in [1.29, 1.82) is 0 Å². The Morgan fingerprint density at radius 1 is 1.28 bits per heavy atom. The van der Waals surface area contributed by atoms with Gasteiger partial charge in [0, 0.05) is 24.3 Å². The first-order chi connectivity index (χ1) is 11.5. The van der Waals surface area contributed by atoms with Gasteiger partial charge in [-0.05, 0) is 44.0 Å². The van der Waals surface area contributed by atoms with Crippen LogP contribution in [0, 0.1) is 0 Å². The molecule has 0 saturated carbocycles. The van der Waals surface area contributed by atoms with E-state index in [4.69, 9.17) is 4.74 Å². The van der Waals surface area contributed by atoms with Crippen LogP contribution >= 0.6 is 23.7 Å². The van der Waals surface area contributed by atoms with Crippen LogP contribution in [-0.2, 0) is 16.8 Å². The van der Waals surface area contributed by atoms with E-state index in [9.17, 15) is 13.6 Å². The number of fused-ring (bicyclic) bond motifs is 2. The van der Waals surface area contributed by atoms with Gasteiger partial charge in [0.25, 0.3) is 11.8 Å². The van der Waals surface area contributed by atoms with Gasteiger partial charge in [0.2, 0.25) is 0 Å². The number of nitrogens with one attached hydrogen (secondary N) is 1. The average Bonchev–Trinajstić information content (AvgIpc) is 3.00. The molecule has 2 fully saturated rings. The molecule has 0 aromatic carbocycles. The Morgan fingerprint density at radius 3 is 2.76 bits per heavy atom. The summed E-state index contributed by atoms with van der Waals surface area (Å²) in [5.74, 6) is -3.01. The van der Waals surface area contributed by atoms with E-state index in [2.05, 4.69) is 5.32 Å². The molecule has 4 nitrogen and oxygen atoms in total. The standard InChI is InChI=1S/C17H22F2N2O2S.ClH/c18-17(19)3-1-8-21(11-17)15(22)14-10-12-13(24-14)2-9-23-16(12)4-6-20-7-5-16;/h10,20H,1-9,11H2;1H. The molecular formula is C17H23ClF2N2O2S. The number of carbonyl (C=O) groups is 1. The molecule has 4 rings (SSSR count). The van der Waals surface area contributed by atoms with Crippen LogP contribution in [0.4, 0.5) is 8.78 Å². The maximum Gasteiger partial charge on any atom is 0.265 e. The predicted molar refractivity (Wildman–Crippen MR) is 95.1 cm³/mol. The number of amides is 1. The Bertz CT molecular complexity index is 647. The largest absolute Gasteiger partial charge is 0.370 e. The Hall–Kier alpha value is -0.760. The van der Waals surface area contributed by atoms with Crippen molar-refractivity contribution in [1.82, 2.24) is 10.2 Å². The average molecular weight is 393 g/mol. The first kappa shape index (κ1) is 19.0. The van der Waals surface area contributed by atoms with Gasteiger partial charge in [-0.3, -0.25) is 4.79 Å². The van der Waals surface area contributed by atoms with E-state index in [1.807, 2.05) is 6.07 Å². The van der Waals surface area contributed by atoms with Crippen LogP contribution in [0.15, 0.2) is 6.07 Å². The third-order valence-corrected chi connectivity index (χ3v) is 6.49. The molecule has 3 aliphatic rings. The highest BCUT2D eigenvalue weighted by molar-refractivity contribution is 7.14. The van der Waals surface area contributed by atoms with Crippen molar-refractivity contribution >= 4 is 29.7 Å². The van der Waals surface area contributed by atoms with Crippen LogP contribution < -0.4 is 5.32 Å². The Morgan fingerprint density at radius 2 is 2.04 bits per heavy atom. The van der Waals surface area contributed by atoms with Crippen LogP contribution in [0.1, 0.15) is 45.8 Å². The quantitative estimate of drug-likeness (QED) is 0.798. The summed E-state index contributed by atoms with van der Waals surface area (Å²) in [6, 6.07) is 1.92. The number of ether oxygens (including phenoxy) is 1. The van der Waals surface area contributed by atoms with Gasteiger partial charge in [-0.15, -0.1) is 23.7 Å². The van der Waals surface area contributed by atoms with E-state index >= 15 is 0 Å². The summed E-state index contributed by atoms with van der Waals surface area (Å²) >= 11 is 1.47. The lowest BCUT2D eigenvalue weighted by atomic mass is 9.83. The number of nitrogens with zero attached hydrogens (tertiary/aromatic N) is 1. The highest BCUT2D eigenvalue weighted by atomic mass is 35.5. The minimum Gasteiger partial charge on any atom is -0.370 e. The molecule has 3 aliphatic heterocycles. The number of alkyl halides is 2. The van der Waals surface area contributed by atoms with Crippen molar-refractivity contribution < 1.29 is 18.3 Å². The van der Waals surface area contributed by atoms with Crippen LogP contribution in [0.2, 0.25) is 0 Å². The second-order valence-corrected chi connectivity index (χ2v) is 8.11. The molecule has 0 atom stereocenters. The predicted octanol–water partition coefficient (Wildman–Crippen LogP) is 3.19. The molecule has 140 valence electrons. The summed E-state index contributed by atoms with van der Waals surface area (Å²) in [5, 5.41) is 3.34. The second kappa shape index (κ2) is 7.10. The smallest absolute Gasteiger partial charge is 0.265 e. The molecule has 8 heteroatoms. The first-order valence-electron chi connectivity index (χ1n) is 8.64. The molecule has 1 spiro atoms. The van der Waals surface area contributed by atoms with Crippen LogP contribution in [-0.4, -0.2) is 49.5 Å². The van der Waals surface area contributed by atoms with Crippen LogP contribution in [0.5, 0.6) is 0 Å². The highest BCUT2D eigenvalue weighted by Crippen LogP contribution is 2.44. The van der Waals surface area contributed by atoms with Crippen molar-refractivity contribution in [3.8, 4) is 0 Å². The normalized spacial score (nSPS) is 24.5. The summed E-state index contributed by atoms with van der Waals surface area (Å²) in [4.78, 5) is 15.8. The van der Waals surface area contributed by atoms with Gasteiger partial charge >= 0.3 is 0 Å². The fourth-order valence-electron chi connectivity index (χ4n) is 4.06. The number of piperidine rings is 2. The SMILES string of the molecule is Cl.O=C(c1cc2c(s1)CCOC21CCNCC1)N1CCCC(F)(F)C1. The maximum atomic E-state index is 13.6. The Balaban J connectivity index is 0.00000182. The van der Waals surface area contributed by atoms with Gasteiger partial charge in [-0.25, -0.2) is 8.78 Å². The highest BCUT2D eigenvalue weighted by Gasteiger charge is 2.42. The molecule has 1 amide bonds. The van der Waals surface area contributed by atoms with E-state index in [1.165, 1.54) is 21.1 Å². The number of halogens is 3. The zero-order valence-electron chi connectivity index (χ0n) is 14.0. The maximum absolute atomic E-state index is 13.6. The third-order valence-electron chi connectivity index (χ3n) is 5.31. The minimum atomic E-state index is -2.76. The van der Waals surface area contributed by atoms with Gasteiger partial charge in [0.15, 0.2) is 0 Å². The zero-order valence-corrected chi connectivity index (χ0v) is 15.6. The van der Waals surface area contributed by atoms with Crippen LogP contribution in [0.3, 0.4) is 0 Å². The summed E-state index contributed by atoms with van der Waals surface area (Å²) < 4.78 is 33.4. The van der Waals surface area contributed by atoms with E-state index in [-0.39, 0.29) is 30.3 Å². The second-order valence-electron chi connectivity index (χ2n) is 6.98. The fraction of sp³-hybridized carbons (Fsp3) is 0.706. The van der Waals surface area contributed by atoms with Crippen molar-refractivity contribution in [2.45, 2.75) is 43.6 Å². The van der Waals surface area contributed by atoms with Crippen molar-refractivity contribution in [2.75, 3.05) is 32.8 Å². The zero-order chi connectivity index (χ0) is 16.8. The molecule has 25 heavy (non-hydrogen) atoms. The molecule has 0 radical (unpaired) electrons. The number of carbonyl (C=O) groups excluding carboxylic acids is 1. The first-order valence-corrected chi connectivity index (χ1v) is 9.46. The Kier molecular flexibility index (Phi) is 5.40. The third kappa shape index (κ3) is 3.56. The summed E-state index contributed by atoms with van der Waals surface area (Å²) in [5.41, 5.74) is 0.826. The van der Waals surface area contributed by atoms with E-state index in [1.54, 1.807) is 0 Å². The van der Waals surface area contributed by atoms with Crippen molar-refractivity contribution in [3.63, 3.8) is 0 Å². The van der Waals surface area contributed by atoms with Gasteiger partial charge < -0.3 is 15.0 Å². The molecule has 1 N–H and O–H groups in total. The lowest BCUT2D eigenvalue weighted by Gasteiger charge is -2.40. The van der Waals surface area contributed by atoms with Crippen molar-refractivity contribution in [3.05, 3.63) is 21.4 Å². The number of hydrogen-bond acceptors (Lipinski definition) is 4. The lowest BCUT2D eigenvalue weighted by Crippen LogP contribution is -2.45. The van der Waals surface area contributed by atoms with Gasteiger partial charge in [-0.1, -0.05) is 0 Å². The summed E-state index contributed by atoms with van der Waals surface area (Å²) in [7, 11) is 0. The van der Waals surface area contributed by atoms with E-state index in [0.29, 0.717) is 24.4 Å². The number of thiophene rings is 1. The fourth-order valence-corrected chi connectivity index (χ4v) is 5.26. The van der Waals surface area contributed by atoms with Gasteiger partial charge in [0.05, 0.1) is 23.6 Å². The van der Waals surface area contributed by atoms with Crippen LogP contribution in [0.25, 0.3) is 0 Å². The Labute approximate surface area is 156 Å².